The van der Waals surface area contributed by atoms with E-state index in [1.807, 2.05) is 85.8 Å². The third kappa shape index (κ3) is 3.86. The van der Waals surface area contributed by atoms with Crippen LogP contribution in [0.25, 0.3) is 17.1 Å². The van der Waals surface area contributed by atoms with Crippen molar-refractivity contribution in [2.24, 2.45) is 0 Å². The summed E-state index contributed by atoms with van der Waals surface area (Å²) in [5.74, 6) is 1.32. The first-order valence-corrected chi connectivity index (χ1v) is 9.14. The van der Waals surface area contributed by atoms with Gasteiger partial charge in [-0.2, -0.15) is 0 Å². The molecule has 0 atom stereocenters. The monoisotopic (exact) mass is 368 g/mol. The molecule has 138 valence electrons. The number of allylic oxidation sites excluding steroid dienone is 1. The summed E-state index contributed by atoms with van der Waals surface area (Å²) in [5.41, 5.74) is 3.65. The largest absolute Gasteiger partial charge is 0.489 e. The fourth-order valence-corrected chi connectivity index (χ4v) is 3.12. The van der Waals surface area contributed by atoms with Crippen LogP contribution >= 0.6 is 0 Å². The van der Waals surface area contributed by atoms with Gasteiger partial charge in [-0.15, -0.1) is 0 Å². The lowest BCUT2D eigenvalue weighted by Crippen LogP contribution is -2.08. The summed E-state index contributed by atoms with van der Waals surface area (Å²) >= 11 is 0. The first-order chi connectivity index (χ1) is 13.7. The number of carbonyl (C=O) groups is 1. The standard InChI is InChI=1S/C24H20N2O2/c1-18-25-22-12-5-6-13-23(22)26(18)24(27)15-14-19-10-7-11-21(16-19)28-17-20-8-3-2-4-9-20/h2-16H,17H2,1H3/b15-14+. The van der Waals surface area contributed by atoms with E-state index in [1.165, 1.54) is 0 Å². The van der Waals surface area contributed by atoms with Crippen molar-refractivity contribution in [2.45, 2.75) is 13.5 Å². The van der Waals surface area contributed by atoms with Crippen LogP contribution in [-0.2, 0) is 6.61 Å². The lowest BCUT2D eigenvalue weighted by Gasteiger charge is -2.07. The maximum Gasteiger partial charge on any atom is 0.256 e. The molecular weight excluding hydrogens is 348 g/mol. The molecule has 0 radical (unpaired) electrons. The number of imidazole rings is 1. The maximum atomic E-state index is 12.7. The van der Waals surface area contributed by atoms with Crippen molar-refractivity contribution in [3.8, 4) is 5.75 Å². The van der Waals surface area contributed by atoms with Crippen molar-refractivity contribution in [3.63, 3.8) is 0 Å². The molecule has 28 heavy (non-hydrogen) atoms. The van der Waals surface area contributed by atoms with Gasteiger partial charge in [-0.3, -0.25) is 9.36 Å². The number of para-hydroxylation sites is 2. The average Bonchev–Trinajstić information content (AvgIpc) is 3.07. The zero-order chi connectivity index (χ0) is 19.3. The highest BCUT2D eigenvalue weighted by molar-refractivity contribution is 5.99. The molecule has 0 N–H and O–H groups in total. The molecule has 0 unspecified atom stereocenters. The second-order valence-corrected chi connectivity index (χ2v) is 6.50. The second-order valence-electron chi connectivity index (χ2n) is 6.50. The van der Waals surface area contributed by atoms with E-state index >= 15 is 0 Å². The van der Waals surface area contributed by atoms with Crippen molar-refractivity contribution < 1.29 is 9.53 Å². The molecule has 1 heterocycles. The molecule has 4 nitrogen and oxygen atoms in total. The number of benzene rings is 3. The Hall–Kier alpha value is -3.66. The minimum atomic E-state index is -0.123. The smallest absolute Gasteiger partial charge is 0.256 e. The molecule has 4 heteroatoms. The Morgan fingerprint density at radius 3 is 2.64 bits per heavy atom. The predicted octanol–water partition coefficient (Wildman–Crippen LogP) is 5.28. The first kappa shape index (κ1) is 17.7. The van der Waals surface area contributed by atoms with Crippen LogP contribution in [0.5, 0.6) is 5.75 Å². The highest BCUT2D eigenvalue weighted by Crippen LogP contribution is 2.18. The van der Waals surface area contributed by atoms with Crippen molar-refractivity contribution in [2.75, 3.05) is 0 Å². The minimum Gasteiger partial charge on any atom is -0.489 e. The van der Waals surface area contributed by atoms with Gasteiger partial charge < -0.3 is 4.74 Å². The summed E-state index contributed by atoms with van der Waals surface area (Å²) in [4.78, 5) is 17.2. The maximum absolute atomic E-state index is 12.7. The minimum absolute atomic E-state index is 0.123. The van der Waals surface area contributed by atoms with Crippen LogP contribution < -0.4 is 4.74 Å². The van der Waals surface area contributed by atoms with Crippen molar-refractivity contribution in [1.82, 2.24) is 9.55 Å². The van der Waals surface area contributed by atoms with Gasteiger partial charge in [0, 0.05) is 6.08 Å². The van der Waals surface area contributed by atoms with Gasteiger partial charge in [-0.25, -0.2) is 4.98 Å². The molecule has 0 amide bonds. The van der Waals surface area contributed by atoms with E-state index in [0.29, 0.717) is 12.4 Å². The number of fused-ring (bicyclic) bond motifs is 1. The quantitative estimate of drug-likeness (QED) is 0.450. The number of nitrogens with zero attached hydrogens (tertiary/aromatic N) is 2. The molecule has 1 aromatic heterocycles. The van der Waals surface area contributed by atoms with Crippen LogP contribution in [0.2, 0.25) is 0 Å². The summed E-state index contributed by atoms with van der Waals surface area (Å²) in [6.45, 7) is 2.34. The number of aromatic nitrogens is 2. The van der Waals surface area contributed by atoms with Gasteiger partial charge in [0.1, 0.15) is 18.2 Å². The Balaban J connectivity index is 1.50. The fourth-order valence-electron chi connectivity index (χ4n) is 3.12. The van der Waals surface area contributed by atoms with Gasteiger partial charge in [0.15, 0.2) is 0 Å². The van der Waals surface area contributed by atoms with Gasteiger partial charge in [0.2, 0.25) is 0 Å². The van der Waals surface area contributed by atoms with Crippen LogP contribution in [0.1, 0.15) is 21.7 Å². The van der Waals surface area contributed by atoms with Gasteiger partial charge in [-0.1, -0.05) is 54.6 Å². The van der Waals surface area contributed by atoms with Crippen LogP contribution in [0, 0.1) is 6.92 Å². The number of rotatable bonds is 5. The Bertz CT molecular complexity index is 1140. The van der Waals surface area contributed by atoms with E-state index in [-0.39, 0.29) is 5.91 Å². The third-order valence-electron chi connectivity index (χ3n) is 4.47. The molecule has 3 aromatic carbocycles. The van der Waals surface area contributed by atoms with E-state index in [4.69, 9.17) is 4.74 Å². The molecule has 4 aromatic rings. The molecule has 4 rings (SSSR count). The number of hydrogen-bond donors (Lipinski definition) is 0. The fraction of sp³-hybridized carbons (Fsp3) is 0.0833. The van der Waals surface area contributed by atoms with Crippen LogP contribution in [0.15, 0.2) is 84.9 Å². The van der Waals surface area contributed by atoms with Gasteiger partial charge in [-0.05, 0) is 48.4 Å². The van der Waals surface area contributed by atoms with Gasteiger partial charge >= 0.3 is 0 Å². The lowest BCUT2D eigenvalue weighted by atomic mass is 10.2. The summed E-state index contributed by atoms with van der Waals surface area (Å²) < 4.78 is 7.48. The van der Waals surface area contributed by atoms with E-state index < -0.39 is 0 Å². The van der Waals surface area contributed by atoms with Crippen LogP contribution in [0.3, 0.4) is 0 Å². The second kappa shape index (κ2) is 7.92. The number of carbonyl (C=O) groups excluding carboxylic acids is 1. The van der Waals surface area contributed by atoms with Gasteiger partial charge in [0.25, 0.3) is 5.91 Å². The molecule has 0 aliphatic rings. The predicted molar refractivity (Wildman–Crippen MR) is 111 cm³/mol. The van der Waals surface area contributed by atoms with E-state index in [0.717, 1.165) is 27.9 Å². The third-order valence-corrected chi connectivity index (χ3v) is 4.47. The van der Waals surface area contributed by atoms with Crippen molar-refractivity contribution in [3.05, 3.63) is 102 Å². The molecule has 0 fully saturated rings. The summed E-state index contributed by atoms with van der Waals surface area (Å²) in [6.07, 6.45) is 3.36. The highest BCUT2D eigenvalue weighted by atomic mass is 16.5. The van der Waals surface area contributed by atoms with Crippen LogP contribution in [0.4, 0.5) is 0 Å². The summed E-state index contributed by atoms with van der Waals surface area (Å²) in [5, 5.41) is 0. The van der Waals surface area contributed by atoms with Crippen LogP contribution in [-0.4, -0.2) is 15.5 Å². The average molecular weight is 368 g/mol. The SMILES string of the molecule is Cc1nc2ccccc2n1C(=O)/C=C/c1cccc(OCc2ccccc2)c1. The van der Waals surface area contributed by atoms with E-state index in [1.54, 1.807) is 16.7 Å². The molecular formula is C24H20N2O2. The normalized spacial score (nSPS) is 11.2. The molecule has 0 aliphatic heterocycles. The molecule has 0 bridgehead atoms. The van der Waals surface area contributed by atoms with E-state index in [2.05, 4.69) is 4.98 Å². The number of hydrogen-bond acceptors (Lipinski definition) is 3. The number of ether oxygens (including phenoxy) is 1. The van der Waals surface area contributed by atoms with Crippen molar-refractivity contribution in [1.29, 1.82) is 0 Å². The molecule has 0 saturated carbocycles. The van der Waals surface area contributed by atoms with E-state index in [9.17, 15) is 4.79 Å². The summed E-state index contributed by atoms with van der Waals surface area (Å²) in [7, 11) is 0. The topological polar surface area (TPSA) is 44.1 Å². The summed E-state index contributed by atoms with van der Waals surface area (Å²) in [6, 6.07) is 25.4. The zero-order valence-corrected chi connectivity index (χ0v) is 15.6. The Labute approximate surface area is 163 Å². The first-order valence-electron chi connectivity index (χ1n) is 9.14. The lowest BCUT2D eigenvalue weighted by molar-refractivity contribution is 0.0972. The number of aryl methyl sites for hydroxylation is 1. The van der Waals surface area contributed by atoms with Crippen molar-refractivity contribution >= 4 is 23.0 Å². The highest BCUT2D eigenvalue weighted by Gasteiger charge is 2.11. The zero-order valence-electron chi connectivity index (χ0n) is 15.6. The Morgan fingerprint density at radius 2 is 1.79 bits per heavy atom. The molecule has 0 saturated heterocycles. The Morgan fingerprint density at radius 1 is 1.00 bits per heavy atom. The molecule has 0 spiro atoms. The van der Waals surface area contributed by atoms with Gasteiger partial charge in [0.05, 0.1) is 11.0 Å². The molecule has 0 aliphatic carbocycles. The Kier molecular flexibility index (Phi) is 5.02.